The molecule has 2 aromatic carbocycles. The van der Waals surface area contributed by atoms with E-state index in [1.807, 2.05) is 36.4 Å². The number of H-pyrrole nitrogens is 2. The van der Waals surface area contributed by atoms with Crippen LogP contribution < -0.4 is 21.7 Å². The van der Waals surface area contributed by atoms with Gasteiger partial charge in [-0.2, -0.15) is 9.61 Å². The minimum absolute atomic E-state index is 0.236. The van der Waals surface area contributed by atoms with Gasteiger partial charge in [0.05, 0.1) is 12.2 Å². The van der Waals surface area contributed by atoms with E-state index in [1.54, 1.807) is 16.8 Å². The van der Waals surface area contributed by atoms with Crippen LogP contribution in [0.2, 0.25) is 0 Å². The average Bonchev–Trinajstić information content (AvgIpc) is 3.48. The molecule has 3 aromatic heterocycles. The molecule has 1 aliphatic carbocycles. The predicted octanol–water partition coefficient (Wildman–Crippen LogP) is 2.47. The van der Waals surface area contributed by atoms with Crippen LogP contribution in [-0.4, -0.2) is 35.7 Å². The normalized spacial score (nSPS) is 14.7. The summed E-state index contributed by atoms with van der Waals surface area (Å²) in [7, 11) is 0. The van der Waals surface area contributed by atoms with Crippen molar-refractivity contribution in [3.63, 3.8) is 0 Å². The van der Waals surface area contributed by atoms with Gasteiger partial charge >= 0.3 is 5.69 Å². The van der Waals surface area contributed by atoms with Gasteiger partial charge in [0.1, 0.15) is 11.5 Å². The number of rotatable bonds is 5. The lowest BCUT2D eigenvalue weighted by Gasteiger charge is -2.08. The molecule has 0 bridgehead atoms. The molecular formula is C25H21N7O2. The molecular weight excluding hydrogens is 430 g/mol. The Morgan fingerprint density at radius 2 is 1.82 bits per heavy atom. The van der Waals surface area contributed by atoms with Gasteiger partial charge in [-0.1, -0.05) is 42.5 Å². The molecule has 0 atom stereocenters. The van der Waals surface area contributed by atoms with Crippen molar-refractivity contribution in [2.24, 2.45) is 4.99 Å². The molecule has 9 nitrogen and oxygen atoms in total. The number of aromatic hydroxyl groups is 1. The summed E-state index contributed by atoms with van der Waals surface area (Å²) in [6.07, 6.45) is 5.39. The van der Waals surface area contributed by atoms with Crippen LogP contribution in [0, 0.1) is 0 Å². The van der Waals surface area contributed by atoms with Gasteiger partial charge < -0.3 is 15.4 Å². The number of hydrogen-bond acceptors (Lipinski definition) is 6. The summed E-state index contributed by atoms with van der Waals surface area (Å²) < 4.78 is 1.68. The molecule has 3 heterocycles. The van der Waals surface area contributed by atoms with Crippen molar-refractivity contribution in [3.8, 4) is 17.0 Å². The van der Waals surface area contributed by atoms with Crippen LogP contribution in [0.3, 0.4) is 0 Å². The number of benzene rings is 2. The van der Waals surface area contributed by atoms with Crippen LogP contribution in [0.15, 0.2) is 76.6 Å². The van der Waals surface area contributed by atoms with Crippen molar-refractivity contribution < 1.29 is 5.11 Å². The van der Waals surface area contributed by atoms with E-state index in [-0.39, 0.29) is 11.6 Å². The molecule has 0 unspecified atom stereocenters. The predicted molar refractivity (Wildman–Crippen MR) is 129 cm³/mol. The standard InChI is InChI=1S/C25H21N7O2/c33-24-20(29-25(34)31-24)12-17-14-26-32-22(28-19-10-11-19)13-21(30-23(17)32)27-18-8-6-16(7-9-18)15-4-2-1-3-5-15/h1-9,12-14,19,27,33H,10-11H2,(H2,29,31,34). The smallest absolute Gasteiger partial charge is 0.326 e. The maximum atomic E-state index is 11.5. The van der Waals surface area contributed by atoms with E-state index in [1.165, 1.54) is 0 Å². The Morgan fingerprint density at radius 3 is 2.53 bits per heavy atom. The van der Waals surface area contributed by atoms with Crippen LogP contribution in [0.4, 0.5) is 11.5 Å². The molecule has 0 radical (unpaired) electrons. The number of nitrogens with one attached hydrogen (secondary N) is 3. The molecule has 0 saturated heterocycles. The second-order valence-electron chi connectivity index (χ2n) is 8.25. The first-order chi connectivity index (χ1) is 16.6. The largest absolute Gasteiger partial charge is 0.493 e. The Morgan fingerprint density at radius 1 is 1.06 bits per heavy atom. The zero-order valence-corrected chi connectivity index (χ0v) is 18.1. The zero-order valence-electron chi connectivity index (χ0n) is 18.1. The SMILES string of the molecule is O=c1[nH]c(O)c(C=c2cnn3c(=NC4CC4)cc(Nc4ccc(-c5ccccc5)cc4)nc23)[nH]1. The molecule has 0 spiro atoms. The number of anilines is 2. The number of aromatic amines is 2. The van der Waals surface area contributed by atoms with Gasteiger partial charge in [0.15, 0.2) is 11.1 Å². The van der Waals surface area contributed by atoms with E-state index in [0.29, 0.717) is 28.2 Å². The van der Waals surface area contributed by atoms with Crippen molar-refractivity contribution in [3.05, 3.63) is 93.7 Å². The van der Waals surface area contributed by atoms with Crippen LogP contribution in [-0.2, 0) is 0 Å². The van der Waals surface area contributed by atoms with Crippen LogP contribution >= 0.6 is 0 Å². The van der Waals surface area contributed by atoms with Gasteiger partial charge in [0, 0.05) is 17.0 Å². The topological polar surface area (TPSA) is 123 Å². The molecule has 0 amide bonds. The molecule has 5 aromatic rings. The molecule has 1 saturated carbocycles. The molecule has 0 aliphatic heterocycles. The number of aromatic nitrogens is 5. The van der Waals surface area contributed by atoms with E-state index >= 15 is 0 Å². The van der Waals surface area contributed by atoms with Gasteiger partial charge in [-0.15, -0.1) is 0 Å². The highest BCUT2D eigenvalue weighted by atomic mass is 16.3. The molecule has 1 fully saturated rings. The number of imidazole rings is 1. The first-order valence-corrected chi connectivity index (χ1v) is 11.0. The minimum Gasteiger partial charge on any atom is -0.493 e. The summed E-state index contributed by atoms with van der Waals surface area (Å²) in [4.78, 5) is 25.9. The fraction of sp³-hybridized carbons (Fsp3) is 0.120. The number of nitrogens with zero attached hydrogens (tertiary/aromatic N) is 4. The third-order valence-corrected chi connectivity index (χ3v) is 5.64. The summed E-state index contributed by atoms with van der Waals surface area (Å²) in [5, 5.41) is 18.4. The molecule has 34 heavy (non-hydrogen) atoms. The summed E-state index contributed by atoms with van der Waals surface area (Å²) >= 11 is 0. The Kier molecular flexibility index (Phi) is 4.72. The van der Waals surface area contributed by atoms with Crippen molar-refractivity contribution in [1.82, 2.24) is 24.6 Å². The van der Waals surface area contributed by atoms with Crippen LogP contribution in [0.25, 0.3) is 22.9 Å². The molecule has 9 heteroatoms. The second kappa shape index (κ2) is 8.04. The number of hydrogen-bond donors (Lipinski definition) is 4. The maximum Gasteiger partial charge on any atom is 0.326 e. The van der Waals surface area contributed by atoms with Gasteiger partial charge in [-0.05, 0) is 42.2 Å². The highest BCUT2D eigenvalue weighted by Gasteiger charge is 2.20. The first kappa shape index (κ1) is 20.0. The molecule has 6 rings (SSSR count). The third-order valence-electron chi connectivity index (χ3n) is 5.64. The Balaban J connectivity index is 1.41. The Labute approximate surface area is 193 Å². The fourth-order valence-electron chi connectivity index (χ4n) is 3.78. The average molecular weight is 451 g/mol. The van der Waals surface area contributed by atoms with E-state index in [4.69, 9.17) is 9.98 Å². The summed E-state index contributed by atoms with van der Waals surface area (Å²) in [6, 6.07) is 20.5. The van der Waals surface area contributed by atoms with E-state index in [2.05, 4.69) is 44.6 Å². The lowest BCUT2D eigenvalue weighted by molar-refractivity contribution is 0.454. The van der Waals surface area contributed by atoms with Crippen molar-refractivity contribution in [2.75, 3.05) is 5.32 Å². The summed E-state index contributed by atoms with van der Waals surface area (Å²) in [5.74, 6) is 0.390. The second-order valence-corrected chi connectivity index (χ2v) is 8.25. The van der Waals surface area contributed by atoms with Gasteiger partial charge in [-0.3, -0.25) is 9.98 Å². The Hall–Kier alpha value is -4.66. The van der Waals surface area contributed by atoms with Crippen molar-refractivity contribution in [1.29, 1.82) is 0 Å². The lowest BCUT2D eigenvalue weighted by atomic mass is 10.1. The van der Waals surface area contributed by atoms with Crippen molar-refractivity contribution >= 4 is 23.2 Å². The molecule has 4 N–H and O–H groups in total. The third kappa shape index (κ3) is 3.95. The van der Waals surface area contributed by atoms with Gasteiger partial charge in [-0.25, -0.2) is 9.78 Å². The van der Waals surface area contributed by atoms with Gasteiger partial charge in [0.2, 0.25) is 5.88 Å². The summed E-state index contributed by atoms with van der Waals surface area (Å²) in [6.45, 7) is 0. The van der Waals surface area contributed by atoms with E-state index in [0.717, 1.165) is 29.7 Å². The molecule has 1 aliphatic rings. The van der Waals surface area contributed by atoms with E-state index in [9.17, 15) is 9.90 Å². The Bertz CT molecular complexity index is 1660. The zero-order chi connectivity index (χ0) is 23.1. The summed E-state index contributed by atoms with van der Waals surface area (Å²) in [5.41, 5.74) is 4.22. The fourth-order valence-corrected chi connectivity index (χ4v) is 3.78. The number of fused-ring (bicyclic) bond motifs is 1. The highest BCUT2D eigenvalue weighted by Crippen LogP contribution is 2.24. The lowest BCUT2D eigenvalue weighted by Crippen LogP contribution is -2.19. The minimum atomic E-state index is -0.487. The maximum absolute atomic E-state index is 11.5. The molecule has 168 valence electrons. The highest BCUT2D eigenvalue weighted by molar-refractivity contribution is 5.68. The van der Waals surface area contributed by atoms with Crippen molar-refractivity contribution in [2.45, 2.75) is 18.9 Å². The van der Waals surface area contributed by atoms with E-state index < -0.39 is 5.69 Å². The van der Waals surface area contributed by atoms with Gasteiger partial charge in [0.25, 0.3) is 0 Å². The quantitative estimate of drug-likeness (QED) is 0.327. The monoisotopic (exact) mass is 451 g/mol. The first-order valence-electron chi connectivity index (χ1n) is 11.0. The van der Waals surface area contributed by atoms with Crippen LogP contribution in [0.5, 0.6) is 5.88 Å². The van der Waals surface area contributed by atoms with Crippen LogP contribution in [0.1, 0.15) is 18.5 Å².